The van der Waals surface area contributed by atoms with E-state index in [9.17, 15) is 0 Å². The molecule has 0 spiro atoms. The van der Waals surface area contributed by atoms with E-state index in [0.29, 0.717) is 5.41 Å². The van der Waals surface area contributed by atoms with Crippen molar-refractivity contribution in [3.63, 3.8) is 0 Å². The van der Waals surface area contributed by atoms with Crippen LogP contribution in [0.4, 0.5) is 0 Å². The number of hydrogen-bond donors (Lipinski definition) is 0. The van der Waals surface area contributed by atoms with Crippen molar-refractivity contribution >= 4 is 31.9 Å². The Kier molecular flexibility index (Phi) is 5.33. The van der Waals surface area contributed by atoms with Crippen LogP contribution < -0.4 is 0 Å². The van der Waals surface area contributed by atoms with E-state index in [1.165, 1.54) is 19.3 Å². The van der Waals surface area contributed by atoms with Gasteiger partial charge in [0.25, 0.3) is 0 Å². The van der Waals surface area contributed by atoms with Crippen LogP contribution >= 0.6 is 31.9 Å². The molecule has 0 aromatic carbocycles. The lowest BCUT2D eigenvalue weighted by molar-refractivity contribution is 0.0629. The van der Waals surface area contributed by atoms with Crippen molar-refractivity contribution in [3.8, 4) is 0 Å². The van der Waals surface area contributed by atoms with Crippen LogP contribution in [-0.2, 0) is 4.74 Å². The zero-order valence-corrected chi connectivity index (χ0v) is 12.9. The molecule has 1 saturated carbocycles. The van der Waals surface area contributed by atoms with E-state index in [2.05, 4.69) is 51.8 Å². The molecule has 1 aliphatic carbocycles. The molecular formula is C12H20Br2O. The van der Waals surface area contributed by atoms with Gasteiger partial charge < -0.3 is 4.74 Å². The van der Waals surface area contributed by atoms with Gasteiger partial charge in [0, 0.05) is 7.11 Å². The van der Waals surface area contributed by atoms with E-state index in [1.807, 2.05) is 0 Å². The third kappa shape index (κ3) is 5.01. The fraction of sp³-hybridized carbons (Fsp3) is 0.833. The fourth-order valence-electron chi connectivity index (χ4n) is 2.50. The van der Waals surface area contributed by atoms with Gasteiger partial charge >= 0.3 is 0 Å². The van der Waals surface area contributed by atoms with Gasteiger partial charge in [-0.05, 0) is 68.4 Å². The Morgan fingerprint density at radius 2 is 2.00 bits per heavy atom. The lowest BCUT2D eigenvalue weighted by Crippen LogP contribution is -2.30. The van der Waals surface area contributed by atoms with Crippen LogP contribution in [0.1, 0.15) is 33.1 Å². The molecule has 1 rings (SSSR count). The van der Waals surface area contributed by atoms with Crippen LogP contribution in [0.2, 0.25) is 0 Å². The summed E-state index contributed by atoms with van der Waals surface area (Å²) in [6, 6.07) is 0. The summed E-state index contributed by atoms with van der Waals surface area (Å²) >= 11 is 6.83. The van der Waals surface area contributed by atoms with Crippen molar-refractivity contribution in [1.29, 1.82) is 0 Å². The lowest BCUT2D eigenvalue weighted by atomic mass is 9.68. The summed E-state index contributed by atoms with van der Waals surface area (Å²) < 4.78 is 6.33. The van der Waals surface area contributed by atoms with Crippen molar-refractivity contribution in [2.24, 2.45) is 17.3 Å². The highest BCUT2D eigenvalue weighted by Crippen LogP contribution is 2.43. The van der Waals surface area contributed by atoms with E-state index in [-0.39, 0.29) is 0 Å². The summed E-state index contributed by atoms with van der Waals surface area (Å²) in [5.74, 6) is 1.65. The van der Waals surface area contributed by atoms with E-state index in [0.717, 1.165) is 21.8 Å². The van der Waals surface area contributed by atoms with Crippen molar-refractivity contribution in [2.45, 2.75) is 33.1 Å². The number of methoxy groups -OCH3 is 1. The van der Waals surface area contributed by atoms with E-state index in [1.54, 1.807) is 7.11 Å². The maximum atomic E-state index is 5.24. The van der Waals surface area contributed by atoms with Crippen molar-refractivity contribution in [3.05, 3.63) is 9.47 Å². The lowest BCUT2D eigenvalue weighted by Gasteiger charge is -2.38. The molecule has 0 aromatic heterocycles. The van der Waals surface area contributed by atoms with E-state index in [4.69, 9.17) is 4.74 Å². The molecule has 15 heavy (non-hydrogen) atoms. The first-order chi connectivity index (χ1) is 6.93. The average Bonchev–Trinajstić information content (AvgIpc) is 1.98. The molecule has 0 bridgehead atoms. The molecule has 88 valence electrons. The number of rotatable bonds is 5. The largest absolute Gasteiger partial charge is 0.384 e. The van der Waals surface area contributed by atoms with Crippen molar-refractivity contribution in [1.82, 2.24) is 0 Å². The minimum atomic E-state index is 0.333. The Morgan fingerprint density at radius 1 is 1.40 bits per heavy atom. The van der Waals surface area contributed by atoms with E-state index < -0.39 is 0 Å². The highest BCUT2D eigenvalue weighted by Gasteiger charge is 2.32. The van der Waals surface area contributed by atoms with Crippen LogP contribution in [0.25, 0.3) is 0 Å². The average molecular weight is 340 g/mol. The van der Waals surface area contributed by atoms with Gasteiger partial charge in [-0.2, -0.15) is 0 Å². The molecule has 0 radical (unpaired) electrons. The third-order valence-electron chi connectivity index (χ3n) is 3.01. The zero-order valence-electron chi connectivity index (χ0n) is 9.72. The summed E-state index contributed by atoms with van der Waals surface area (Å²) in [4.78, 5) is 0. The van der Waals surface area contributed by atoms with E-state index >= 15 is 0 Å². The van der Waals surface area contributed by atoms with Gasteiger partial charge in [-0.15, -0.1) is 0 Å². The number of halogens is 2. The number of allylic oxidation sites excluding steroid dienone is 1. The van der Waals surface area contributed by atoms with Gasteiger partial charge in [-0.3, -0.25) is 0 Å². The standard InChI is InChI=1S/C12H20Br2O/c1-12(2,8-15-3)7-10-4-9(5-10)6-11(13)14/h6,9-10H,4-5,7-8H2,1-3H3. The molecule has 0 aromatic rings. The zero-order chi connectivity index (χ0) is 11.5. The molecule has 0 unspecified atom stereocenters. The minimum absolute atomic E-state index is 0.333. The second-order valence-electron chi connectivity index (χ2n) is 5.36. The molecule has 0 atom stereocenters. The van der Waals surface area contributed by atoms with Gasteiger partial charge in [0.05, 0.1) is 10.00 Å². The SMILES string of the molecule is COCC(C)(C)CC1CC(C=C(Br)Br)C1. The van der Waals surface area contributed by atoms with Crippen molar-refractivity contribution < 1.29 is 4.74 Å². The molecule has 0 amide bonds. The van der Waals surface area contributed by atoms with Crippen LogP contribution in [0.15, 0.2) is 9.47 Å². The van der Waals surface area contributed by atoms with Gasteiger partial charge in [-0.1, -0.05) is 19.9 Å². The predicted octanol–water partition coefficient (Wildman–Crippen LogP) is 4.71. The molecule has 0 aliphatic heterocycles. The summed E-state index contributed by atoms with van der Waals surface area (Å²) in [5.41, 5.74) is 0.333. The maximum absolute atomic E-state index is 5.24. The second kappa shape index (κ2) is 5.83. The predicted molar refractivity (Wildman–Crippen MR) is 72.4 cm³/mol. The van der Waals surface area contributed by atoms with Gasteiger partial charge in [0.15, 0.2) is 0 Å². The highest BCUT2D eigenvalue weighted by molar-refractivity contribution is 9.28. The Hall–Kier alpha value is 0.660. The third-order valence-corrected chi connectivity index (χ3v) is 3.54. The Morgan fingerprint density at radius 3 is 2.47 bits per heavy atom. The molecule has 1 nitrogen and oxygen atoms in total. The Balaban J connectivity index is 2.25. The van der Waals surface area contributed by atoms with Crippen LogP contribution in [0.5, 0.6) is 0 Å². The first-order valence-electron chi connectivity index (χ1n) is 5.45. The van der Waals surface area contributed by atoms with Crippen LogP contribution in [0, 0.1) is 17.3 Å². The molecule has 0 heterocycles. The molecule has 3 heteroatoms. The van der Waals surface area contributed by atoms with Gasteiger partial charge in [0.2, 0.25) is 0 Å². The Labute approximate surface area is 110 Å². The monoisotopic (exact) mass is 338 g/mol. The van der Waals surface area contributed by atoms with Crippen molar-refractivity contribution in [2.75, 3.05) is 13.7 Å². The van der Waals surface area contributed by atoms with Crippen LogP contribution in [0.3, 0.4) is 0 Å². The summed E-state index contributed by atoms with van der Waals surface area (Å²) in [7, 11) is 1.79. The first-order valence-corrected chi connectivity index (χ1v) is 7.03. The summed E-state index contributed by atoms with van der Waals surface area (Å²) in [6.07, 6.45) is 6.20. The van der Waals surface area contributed by atoms with Gasteiger partial charge in [-0.25, -0.2) is 0 Å². The molecule has 1 fully saturated rings. The highest BCUT2D eigenvalue weighted by atomic mass is 79.9. The Bertz CT molecular complexity index is 226. The molecule has 0 N–H and O–H groups in total. The first kappa shape index (κ1) is 13.7. The smallest absolute Gasteiger partial charge is 0.0567 e. The number of hydrogen-bond acceptors (Lipinski definition) is 1. The number of ether oxygens (including phenoxy) is 1. The fourth-order valence-corrected chi connectivity index (χ4v) is 3.25. The molecular weight excluding hydrogens is 320 g/mol. The quantitative estimate of drug-likeness (QED) is 0.705. The molecule has 1 aliphatic rings. The maximum Gasteiger partial charge on any atom is 0.0567 e. The van der Waals surface area contributed by atoms with Crippen LogP contribution in [-0.4, -0.2) is 13.7 Å². The minimum Gasteiger partial charge on any atom is -0.384 e. The second-order valence-corrected chi connectivity index (χ2v) is 8.13. The topological polar surface area (TPSA) is 9.23 Å². The molecule has 0 saturated heterocycles. The van der Waals surface area contributed by atoms with Gasteiger partial charge in [0.1, 0.15) is 0 Å². The summed E-state index contributed by atoms with van der Waals surface area (Å²) in [5, 5.41) is 0. The normalized spacial score (nSPS) is 25.9. The summed E-state index contributed by atoms with van der Waals surface area (Å²) in [6.45, 7) is 5.45.